The first-order valence-electron chi connectivity index (χ1n) is 12.5. The van der Waals surface area contributed by atoms with E-state index >= 15 is 0 Å². The molecule has 0 radical (unpaired) electrons. The number of amides is 1. The van der Waals surface area contributed by atoms with Crippen molar-refractivity contribution in [2.45, 2.75) is 39.5 Å². The number of carbonyl (C=O) groups excluding carboxylic acids is 1. The molecule has 0 saturated carbocycles. The Hall–Kier alpha value is -4.06. The van der Waals surface area contributed by atoms with Crippen molar-refractivity contribution in [1.29, 1.82) is 0 Å². The standard InChI is InChI=1S/C31H38N4O2/c1-20(2)31(6,30(36)35-22(4)8-9-26(18-32)21(3)16-23(5)37-7)28-12-10-24(11-13-28)27-17-25-14-15-33-29(25)34-19-27/h8-13,16-20H,3-4,14-15,32H2,1-2,5-7H3,(H,33,34)(H,35,36)/b9-8-,23-16+,26-18+. The third-order valence-electron chi connectivity index (χ3n) is 7.09. The lowest BCUT2D eigenvalue weighted by Crippen LogP contribution is -2.45. The number of nitrogens with two attached hydrogens (primary N) is 1. The summed E-state index contributed by atoms with van der Waals surface area (Å²) in [5.74, 6) is 1.61. The second-order valence-electron chi connectivity index (χ2n) is 9.76. The predicted molar refractivity (Wildman–Crippen MR) is 153 cm³/mol. The van der Waals surface area contributed by atoms with Gasteiger partial charge in [0.15, 0.2) is 0 Å². The van der Waals surface area contributed by atoms with Gasteiger partial charge in [0.05, 0.1) is 18.3 Å². The highest BCUT2D eigenvalue weighted by molar-refractivity contribution is 5.90. The third kappa shape index (κ3) is 6.20. The van der Waals surface area contributed by atoms with Crippen molar-refractivity contribution in [2.24, 2.45) is 11.7 Å². The lowest BCUT2D eigenvalue weighted by Gasteiger charge is -2.33. The highest BCUT2D eigenvalue weighted by Crippen LogP contribution is 2.34. The van der Waals surface area contributed by atoms with Crippen molar-refractivity contribution in [3.63, 3.8) is 0 Å². The van der Waals surface area contributed by atoms with Gasteiger partial charge in [-0.3, -0.25) is 4.79 Å². The molecule has 2 heterocycles. The van der Waals surface area contributed by atoms with E-state index in [-0.39, 0.29) is 11.8 Å². The number of nitrogens with zero attached hydrogens (tertiary/aromatic N) is 1. The average Bonchev–Trinajstić information content (AvgIpc) is 3.36. The summed E-state index contributed by atoms with van der Waals surface area (Å²) in [4.78, 5) is 18.1. The van der Waals surface area contributed by atoms with Crippen molar-refractivity contribution in [3.8, 4) is 11.1 Å². The van der Waals surface area contributed by atoms with Gasteiger partial charge in [0.25, 0.3) is 0 Å². The second kappa shape index (κ2) is 11.8. The SMILES string of the molecule is C=C(/C=C\C(=C/N)C(=C)/C=C(\C)OC)NC(=O)C(C)(c1ccc(-c2cnc3c(c2)CCN3)cc1)C(C)C. The van der Waals surface area contributed by atoms with E-state index in [1.165, 1.54) is 11.8 Å². The molecule has 0 fully saturated rings. The Morgan fingerprint density at radius 1 is 1.22 bits per heavy atom. The van der Waals surface area contributed by atoms with E-state index in [4.69, 9.17) is 10.5 Å². The highest BCUT2D eigenvalue weighted by atomic mass is 16.5. The highest BCUT2D eigenvalue weighted by Gasteiger charge is 2.38. The molecule has 1 aromatic heterocycles. The zero-order chi connectivity index (χ0) is 27.2. The number of hydrogen-bond acceptors (Lipinski definition) is 5. The summed E-state index contributed by atoms with van der Waals surface area (Å²) in [6.07, 6.45) is 9.61. The zero-order valence-electron chi connectivity index (χ0n) is 22.5. The molecule has 0 saturated heterocycles. The minimum absolute atomic E-state index is 0.0456. The summed E-state index contributed by atoms with van der Waals surface area (Å²) in [5, 5.41) is 6.26. The first kappa shape index (κ1) is 27.5. The largest absolute Gasteiger partial charge is 0.501 e. The predicted octanol–water partition coefficient (Wildman–Crippen LogP) is 5.77. The molecule has 0 bridgehead atoms. The lowest BCUT2D eigenvalue weighted by atomic mass is 9.72. The van der Waals surface area contributed by atoms with E-state index in [2.05, 4.69) is 47.0 Å². The van der Waals surface area contributed by atoms with E-state index < -0.39 is 5.41 Å². The third-order valence-corrected chi connectivity index (χ3v) is 7.09. The van der Waals surface area contributed by atoms with Crippen LogP contribution in [0, 0.1) is 5.92 Å². The molecule has 4 N–H and O–H groups in total. The number of anilines is 1. The van der Waals surface area contributed by atoms with Crippen LogP contribution in [0.15, 0.2) is 96.7 Å². The van der Waals surface area contributed by atoms with Gasteiger partial charge in [0.1, 0.15) is 5.82 Å². The van der Waals surface area contributed by atoms with Gasteiger partial charge < -0.3 is 21.1 Å². The molecule has 1 aliphatic rings. The summed E-state index contributed by atoms with van der Waals surface area (Å²) in [7, 11) is 1.60. The molecule has 0 spiro atoms. The Kier molecular flexibility index (Phi) is 8.77. The summed E-state index contributed by atoms with van der Waals surface area (Å²) >= 11 is 0. The van der Waals surface area contributed by atoms with Crippen LogP contribution in [0.3, 0.4) is 0 Å². The normalized spacial score (nSPS) is 15.2. The van der Waals surface area contributed by atoms with Crippen molar-refractivity contribution in [3.05, 3.63) is 108 Å². The van der Waals surface area contributed by atoms with Gasteiger partial charge in [-0.1, -0.05) is 57.3 Å². The molecule has 6 heteroatoms. The number of ether oxygens (including phenoxy) is 1. The molecule has 3 rings (SSSR count). The molecular formula is C31H38N4O2. The van der Waals surface area contributed by atoms with Crippen LogP contribution in [-0.4, -0.2) is 24.5 Å². The monoisotopic (exact) mass is 498 g/mol. The van der Waals surface area contributed by atoms with Crippen LogP contribution in [0.1, 0.15) is 38.8 Å². The molecule has 194 valence electrons. The molecule has 1 atom stereocenters. The summed E-state index contributed by atoms with van der Waals surface area (Å²) in [5.41, 5.74) is 11.2. The maximum absolute atomic E-state index is 13.5. The maximum atomic E-state index is 13.5. The van der Waals surface area contributed by atoms with Crippen LogP contribution < -0.4 is 16.4 Å². The van der Waals surface area contributed by atoms with Crippen LogP contribution in [0.2, 0.25) is 0 Å². The van der Waals surface area contributed by atoms with Crippen molar-refractivity contribution < 1.29 is 9.53 Å². The summed E-state index contributed by atoms with van der Waals surface area (Å²) < 4.78 is 5.17. The molecule has 6 nitrogen and oxygen atoms in total. The fourth-order valence-corrected chi connectivity index (χ4v) is 4.23. The van der Waals surface area contributed by atoms with Crippen molar-refractivity contribution in [1.82, 2.24) is 10.3 Å². The minimum Gasteiger partial charge on any atom is -0.501 e. The Bertz CT molecular complexity index is 1270. The Labute approximate surface area is 220 Å². The molecule has 1 aliphatic heterocycles. The van der Waals surface area contributed by atoms with Gasteiger partial charge in [-0.25, -0.2) is 4.98 Å². The van der Waals surface area contributed by atoms with Crippen molar-refractivity contribution >= 4 is 11.7 Å². The van der Waals surface area contributed by atoms with Gasteiger partial charge in [-0.15, -0.1) is 0 Å². The van der Waals surface area contributed by atoms with Crippen LogP contribution in [0.4, 0.5) is 5.82 Å². The average molecular weight is 499 g/mol. The first-order chi connectivity index (χ1) is 17.6. The van der Waals surface area contributed by atoms with Crippen LogP contribution in [0.25, 0.3) is 11.1 Å². The van der Waals surface area contributed by atoms with Gasteiger partial charge in [-0.2, -0.15) is 0 Å². The number of aromatic nitrogens is 1. The topological polar surface area (TPSA) is 89.3 Å². The quantitative estimate of drug-likeness (QED) is 0.286. The summed E-state index contributed by atoms with van der Waals surface area (Å²) in [6, 6.07) is 10.4. The van der Waals surface area contributed by atoms with Crippen molar-refractivity contribution in [2.75, 3.05) is 19.0 Å². The fraction of sp³-hybridized carbons (Fsp3) is 0.290. The van der Waals surface area contributed by atoms with Crippen LogP contribution >= 0.6 is 0 Å². The summed E-state index contributed by atoms with van der Waals surface area (Å²) in [6.45, 7) is 16.9. The lowest BCUT2D eigenvalue weighted by molar-refractivity contribution is -0.126. The van der Waals surface area contributed by atoms with Gasteiger partial charge in [-0.05, 0) is 72.2 Å². The second-order valence-corrected chi connectivity index (χ2v) is 9.76. The molecule has 0 aliphatic carbocycles. The number of benzene rings is 1. The number of allylic oxidation sites excluding steroid dienone is 6. The van der Waals surface area contributed by atoms with Gasteiger partial charge in [0, 0.05) is 30.2 Å². The number of methoxy groups -OCH3 is 1. The van der Waals surface area contributed by atoms with E-state index in [0.29, 0.717) is 22.6 Å². The fourth-order valence-electron chi connectivity index (χ4n) is 4.23. The Morgan fingerprint density at radius 3 is 2.54 bits per heavy atom. The molecule has 1 amide bonds. The minimum atomic E-state index is -0.760. The number of rotatable bonds is 10. The van der Waals surface area contributed by atoms with E-state index in [0.717, 1.165) is 35.5 Å². The van der Waals surface area contributed by atoms with E-state index in [9.17, 15) is 4.79 Å². The Balaban J connectivity index is 1.76. The maximum Gasteiger partial charge on any atom is 0.234 e. The van der Waals surface area contributed by atoms with E-state index in [1.807, 2.05) is 46.0 Å². The smallest absolute Gasteiger partial charge is 0.234 e. The number of pyridine rings is 1. The molecule has 37 heavy (non-hydrogen) atoms. The molecule has 2 aromatic rings. The number of fused-ring (bicyclic) bond motifs is 1. The molecular weight excluding hydrogens is 460 g/mol. The Morgan fingerprint density at radius 2 is 1.92 bits per heavy atom. The van der Waals surface area contributed by atoms with E-state index in [1.54, 1.807) is 25.3 Å². The van der Waals surface area contributed by atoms with Crippen LogP contribution in [-0.2, 0) is 21.4 Å². The first-order valence-corrected chi connectivity index (χ1v) is 12.5. The van der Waals surface area contributed by atoms with Crippen LogP contribution in [0.5, 0.6) is 0 Å². The number of hydrogen-bond donors (Lipinski definition) is 3. The zero-order valence-corrected chi connectivity index (χ0v) is 22.5. The number of carbonyl (C=O) groups is 1. The molecule has 1 aromatic carbocycles. The molecule has 1 unspecified atom stereocenters. The number of nitrogens with one attached hydrogen (secondary N) is 2. The van der Waals surface area contributed by atoms with Gasteiger partial charge >= 0.3 is 0 Å². The van der Waals surface area contributed by atoms with Gasteiger partial charge in [0.2, 0.25) is 5.91 Å².